The van der Waals surface area contributed by atoms with Gasteiger partial charge in [-0.25, -0.2) is 4.98 Å². The van der Waals surface area contributed by atoms with Gasteiger partial charge in [-0.2, -0.15) is 0 Å². The van der Waals surface area contributed by atoms with Gasteiger partial charge in [0.2, 0.25) is 5.95 Å². The van der Waals surface area contributed by atoms with E-state index in [0.29, 0.717) is 11.5 Å². The average Bonchev–Trinajstić information content (AvgIpc) is 3.09. The van der Waals surface area contributed by atoms with Gasteiger partial charge in [0, 0.05) is 5.56 Å². The van der Waals surface area contributed by atoms with Crippen LogP contribution in [0.25, 0.3) is 11.3 Å². The van der Waals surface area contributed by atoms with Gasteiger partial charge in [0.1, 0.15) is 0 Å². The highest BCUT2D eigenvalue weighted by atomic mass is 16.5. The van der Waals surface area contributed by atoms with E-state index in [1.807, 2.05) is 42.6 Å². The predicted molar refractivity (Wildman–Crippen MR) is 100 cm³/mol. The minimum atomic E-state index is -0.242. The summed E-state index contributed by atoms with van der Waals surface area (Å²) in [6.07, 6.45) is 1.81. The third-order valence-electron chi connectivity index (χ3n) is 4.20. The Balaban J connectivity index is 1.83. The lowest BCUT2D eigenvalue weighted by Gasteiger charge is -2.26. The highest BCUT2D eigenvalue weighted by Crippen LogP contribution is 2.32. The largest absolute Gasteiger partial charge is 0.493 e. The van der Waals surface area contributed by atoms with Gasteiger partial charge < -0.3 is 19.8 Å². The number of benzene rings is 2. The lowest BCUT2D eigenvalue weighted by Crippen LogP contribution is -2.28. The summed E-state index contributed by atoms with van der Waals surface area (Å²) in [5.74, 6) is 2.11. The Kier molecular flexibility index (Phi) is 4.65. The number of aromatic amines is 1. The summed E-state index contributed by atoms with van der Waals surface area (Å²) >= 11 is 0. The van der Waals surface area contributed by atoms with Crippen molar-refractivity contribution in [2.24, 2.45) is 0 Å². The van der Waals surface area contributed by atoms with Gasteiger partial charge in [0.05, 0.1) is 31.6 Å². The van der Waals surface area contributed by atoms with E-state index >= 15 is 0 Å². The van der Waals surface area contributed by atoms with Gasteiger partial charge >= 0.3 is 0 Å². The fourth-order valence-corrected chi connectivity index (χ4v) is 2.76. The molecule has 5 heteroatoms. The molecular formula is C20H23N3O2. The molecule has 0 spiro atoms. The lowest BCUT2D eigenvalue weighted by molar-refractivity contribution is 0.355. The van der Waals surface area contributed by atoms with E-state index in [1.54, 1.807) is 14.2 Å². The summed E-state index contributed by atoms with van der Waals surface area (Å²) in [5.41, 5.74) is 2.84. The number of nitrogens with one attached hydrogen (secondary N) is 2. The van der Waals surface area contributed by atoms with E-state index in [9.17, 15) is 0 Å². The maximum Gasteiger partial charge on any atom is 0.201 e. The van der Waals surface area contributed by atoms with E-state index in [1.165, 1.54) is 5.56 Å². The molecule has 0 aliphatic heterocycles. The fourth-order valence-electron chi connectivity index (χ4n) is 2.76. The van der Waals surface area contributed by atoms with Crippen molar-refractivity contribution in [3.05, 3.63) is 60.3 Å². The van der Waals surface area contributed by atoms with Crippen LogP contribution in [0.1, 0.15) is 19.4 Å². The maximum absolute atomic E-state index is 5.37. The first kappa shape index (κ1) is 16.9. The molecule has 0 amide bonds. The molecule has 0 aliphatic carbocycles. The molecule has 3 aromatic rings. The highest BCUT2D eigenvalue weighted by molar-refractivity contribution is 5.65. The van der Waals surface area contributed by atoms with E-state index in [-0.39, 0.29) is 5.54 Å². The van der Waals surface area contributed by atoms with Crippen molar-refractivity contribution in [1.82, 2.24) is 9.97 Å². The van der Waals surface area contributed by atoms with Crippen LogP contribution in [-0.2, 0) is 5.54 Å². The second-order valence-corrected chi connectivity index (χ2v) is 6.33. The molecule has 3 rings (SSSR count). The molecule has 0 unspecified atom stereocenters. The first-order valence-electron chi connectivity index (χ1n) is 8.14. The summed E-state index contributed by atoms with van der Waals surface area (Å²) in [4.78, 5) is 7.79. The van der Waals surface area contributed by atoms with Crippen LogP contribution in [0, 0.1) is 0 Å². The van der Waals surface area contributed by atoms with Crippen LogP contribution in [0.15, 0.2) is 54.7 Å². The predicted octanol–water partition coefficient (Wildman–Crippen LogP) is 4.44. The third-order valence-corrected chi connectivity index (χ3v) is 4.20. The van der Waals surface area contributed by atoms with E-state index in [4.69, 9.17) is 9.47 Å². The van der Waals surface area contributed by atoms with Crippen LogP contribution in [0.5, 0.6) is 11.5 Å². The Bertz CT molecular complexity index is 841. The van der Waals surface area contributed by atoms with Crippen molar-refractivity contribution < 1.29 is 9.47 Å². The van der Waals surface area contributed by atoms with Gasteiger partial charge in [0.15, 0.2) is 11.5 Å². The van der Waals surface area contributed by atoms with Crippen molar-refractivity contribution in [3.63, 3.8) is 0 Å². The average molecular weight is 337 g/mol. The first-order chi connectivity index (χ1) is 12.0. The minimum Gasteiger partial charge on any atom is -0.493 e. The number of H-pyrrole nitrogens is 1. The Morgan fingerprint density at radius 3 is 2.36 bits per heavy atom. The lowest BCUT2D eigenvalue weighted by atomic mass is 9.95. The molecule has 2 N–H and O–H groups in total. The number of aromatic nitrogens is 2. The van der Waals surface area contributed by atoms with Crippen LogP contribution in [0.3, 0.4) is 0 Å². The quantitative estimate of drug-likeness (QED) is 0.698. The Hall–Kier alpha value is -2.95. The van der Waals surface area contributed by atoms with Crippen molar-refractivity contribution in [3.8, 4) is 22.8 Å². The summed E-state index contributed by atoms with van der Waals surface area (Å²) < 4.78 is 10.7. The van der Waals surface area contributed by atoms with E-state index in [2.05, 4.69) is 41.3 Å². The molecule has 2 aromatic carbocycles. The Labute approximate surface area is 148 Å². The van der Waals surface area contributed by atoms with Crippen LogP contribution in [-0.4, -0.2) is 24.2 Å². The highest BCUT2D eigenvalue weighted by Gasteiger charge is 2.21. The second-order valence-electron chi connectivity index (χ2n) is 6.33. The zero-order chi connectivity index (χ0) is 17.9. The molecule has 130 valence electrons. The number of rotatable bonds is 6. The van der Waals surface area contributed by atoms with Gasteiger partial charge in [-0.3, -0.25) is 0 Å². The van der Waals surface area contributed by atoms with Gasteiger partial charge in [-0.05, 0) is 37.6 Å². The zero-order valence-electron chi connectivity index (χ0n) is 15.0. The second kappa shape index (κ2) is 6.89. The summed E-state index contributed by atoms with van der Waals surface area (Å²) in [6.45, 7) is 4.25. The number of ether oxygens (including phenoxy) is 2. The number of methoxy groups -OCH3 is 2. The van der Waals surface area contributed by atoms with E-state index in [0.717, 1.165) is 17.2 Å². The topological polar surface area (TPSA) is 59.2 Å². The standard InChI is InChI=1S/C20H23N3O2/c1-20(2,15-8-6-5-7-9-15)23-19-21-13-16(22-19)14-10-11-17(24-3)18(12-14)25-4/h5-13H,1-4H3,(H2,21,22,23). The number of imidazole rings is 1. The van der Waals surface area contributed by atoms with Crippen molar-refractivity contribution >= 4 is 5.95 Å². The summed E-state index contributed by atoms with van der Waals surface area (Å²) in [7, 11) is 3.26. The molecular weight excluding hydrogens is 314 g/mol. The smallest absolute Gasteiger partial charge is 0.201 e. The van der Waals surface area contributed by atoms with Gasteiger partial charge in [-0.15, -0.1) is 0 Å². The Morgan fingerprint density at radius 1 is 0.960 bits per heavy atom. The Morgan fingerprint density at radius 2 is 1.68 bits per heavy atom. The van der Waals surface area contributed by atoms with Crippen LogP contribution in [0.4, 0.5) is 5.95 Å². The molecule has 1 aromatic heterocycles. The molecule has 25 heavy (non-hydrogen) atoms. The zero-order valence-corrected chi connectivity index (χ0v) is 15.0. The fraction of sp³-hybridized carbons (Fsp3) is 0.250. The van der Waals surface area contributed by atoms with Gasteiger partial charge in [-0.1, -0.05) is 30.3 Å². The van der Waals surface area contributed by atoms with Crippen molar-refractivity contribution in [1.29, 1.82) is 0 Å². The van der Waals surface area contributed by atoms with Crippen molar-refractivity contribution in [2.75, 3.05) is 19.5 Å². The summed E-state index contributed by atoms with van der Waals surface area (Å²) in [6, 6.07) is 16.1. The molecule has 0 saturated carbocycles. The molecule has 0 fully saturated rings. The molecule has 0 atom stereocenters. The number of hydrogen-bond acceptors (Lipinski definition) is 4. The molecule has 0 radical (unpaired) electrons. The SMILES string of the molecule is COc1ccc(-c2cnc(NC(C)(C)c3ccccc3)[nH]2)cc1OC. The molecule has 0 aliphatic rings. The number of hydrogen-bond donors (Lipinski definition) is 2. The van der Waals surface area contributed by atoms with E-state index < -0.39 is 0 Å². The molecule has 0 bridgehead atoms. The van der Waals surface area contributed by atoms with Gasteiger partial charge in [0.25, 0.3) is 0 Å². The van der Waals surface area contributed by atoms with Crippen LogP contribution in [0.2, 0.25) is 0 Å². The minimum absolute atomic E-state index is 0.242. The number of nitrogens with zero attached hydrogens (tertiary/aromatic N) is 1. The molecule has 0 saturated heterocycles. The summed E-state index contributed by atoms with van der Waals surface area (Å²) in [5, 5.41) is 3.45. The van der Waals surface area contributed by atoms with Crippen LogP contribution < -0.4 is 14.8 Å². The van der Waals surface area contributed by atoms with Crippen molar-refractivity contribution in [2.45, 2.75) is 19.4 Å². The normalized spacial score (nSPS) is 11.2. The molecule has 1 heterocycles. The monoisotopic (exact) mass is 337 g/mol. The first-order valence-corrected chi connectivity index (χ1v) is 8.14. The third kappa shape index (κ3) is 3.60. The van der Waals surface area contributed by atoms with Crippen LogP contribution >= 0.6 is 0 Å². The maximum atomic E-state index is 5.37. The number of anilines is 1. The molecule has 5 nitrogen and oxygen atoms in total.